The number of esters is 1. The van der Waals surface area contributed by atoms with Gasteiger partial charge in [0.05, 0.1) is 0 Å². The summed E-state index contributed by atoms with van der Waals surface area (Å²) in [6.45, 7) is 1.87. The Balaban J connectivity index is 1.97. The van der Waals surface area contributed by atoms with Crippen LogP contribution >= 0.6 is 0 Å². The number of carbonyl (C=O) groups is 1. The fraction of sp³-hybridized carbons (Fsp3) is 0.538. The molecule has 0 atom stereocenters. The van der Waals surface area contributed by atoms with E-state index in [0.717, 1.165) is 18.5 Å². The van der Waals surface area contributed by atoms with Gasteiger partial charge in [-0.3, -0.25) is 0 Å². The number of nitrogens with zero attached hydrogens (tertiary/aromatic N) is 1. The SMILES string of the molecule is Cc1cccc(C(=O)OC2CCCCC2)n1. The second-order valence-corrected chi connectivity index (χ2v) is 4.33. The van der Waals surface area contributed by atoms with E-state index in [1.807, 2.05) is 19.1 Å². The zero-order valence-corrected chi connectivity index (χ0v) is 9.61. The number of hydrogen-bond donors (Lipinski definition) is 0. The highest BCUT2D eigenvalue weighted by atomic mass is 16.5. The van der Waals surface area contributed by atoms with Gasteiger partial charge in [0.25, 0.3) is 0 Å². The molecule has 2 rings (SSSR count). The van der Waals surface area contributed by atoms with Gasteiger partial charge in [-0.2, -0.15) is 0 Å². The van der Waals surface area contributed by atoms with E-state index in [1.54, 1.807) is 6.07 Å². The van der Waals surface area contributed by atoms with Crippen LogP contribution in [0.1, 0.15) is 48.3 Å². The average molecular weight is 219 g/mol. The minimum atomic E-state index is -0.282. The smallest absolute Gasteiger partial charge is 0.357 e. The Hall–Kier alpha value is -1.38. The first-order valence-electron chi connectivity index (χ1n) is 5.90. The molecule has 1 heterocycles. The summed E-state index contributed by atoms with van der Waals surface area (Å²) in [6.07, 6.45) is 5.69. The maximum atomic E-state index is 11.8. The molecule has 3 heteroatoms. The first-order chi connectivity index (χ1) is 7.75. The summed E-state index contributed by atoms with van der Waals surface area (Å²) < 4.78 is 5.43. The summed E-state index contributed by atoms with van der Waals surface area (Å²) in [7, 11) is 0. The molecule has 0 saturated heterocycles. The predicted octanol–water partition coefficient (Wildman–Crippen LogP) is 2.88. The molecule has 1 aromatic heterocycles. The minimum Gasteiger partial charge on any atom is -0.458 e. The number of aryl methyl sites for hydroxylation is 1. The van der Waals surface area contributed by atoms with E-state index in [2.05, 4.69) is 4.98 Å². The summed E-state index contributed by atoms with van der Waals surface area (Å²) >= 11 is 0. The highest BCUT2D eigenvalue weighted by Gasteiger charge is 2.19. The van der Waals surface area contributed by atoms with Crippen LogP contribution in [-0.2, 0) is 4.74 Å². The van der Waals surface area contributed by atoms with Crippen LogP contribution in [0.3, 0.4) is 0 Å². The van der Waals surface area contributed by atoms with Crippen molar-refractivity contribution in [3.8, 4) is 0 Å². The molecule has 0 N–H and O–H groups in total. The average Bonchev–Trinajstić information content (AvgIpc) is 2.30. The Morgan fingerprint density at radius 2 is 2.06 bits per heavy atom. The fourth-order valence-corrected chi connectivity index (χ4v) is 2.05. The predicted molar refractivity (Wildman–Crippen MR) is 61.3 cm³/mol. The Kier molecular flexibility index (Phi) is 3.54. The molecular weight excluding hydrogens is 202 g/mol. The van der Waals surface area contributed by atoms with Gasteiger partial charge in [-0.1, -0.05) is 12.5 Å². The maximum absolute atomic E-state index is 11.8. The van der Waals surface area contributed by atoms with Crippen LogP contribution in [0.2, 0.25) is 0 Å². The first kappa shape index (κ1) is 11.1. The van der Waals surface area contributed by atoms with Gasteiger partial charge in [-0.05, 0) is 44.7 Å². The van der Waals surface area contributed by atoms with Crippen molar-refractivity contribution in [2.24, 2.45) is 0 Å². The largest absolute Gasteiger partial charge is 0.458 e. The van der Waals surface area contributed by atoms with Crippen molar-refractivity contribution in [3.05, 3.63) is 29.6 Å². The number of aromatic nitrogens is 1. The number of ether oxygens (including phenoxy) is 1. The molecule has 3 nitrogen and oxygen atoms in total. The third kappa shape index (κ3) is 2.81. The fourth-order valence-electron chi connectivity index (χ4n) is 2.05. The van der Waals surface area contributed by atoms with Crippen molar-refractivity contribution in [3.63, 3.8) is 0 Å². The van der Waals surface area contributed by atoms with Crippen LogP contribution in [0.4, 0.5) is 0 Å². The lowest BCUT2D eigenvalue weighted by Crippen LogP contribution is -2.21. The van der Waals surface area contributed by atoms with Gasteiger partial charge in [0.2, 0.25) is 0 Å². The van der Waals surface area contributed by atoms with E-state index in [9.17, 15) is 4.79 Å². The van der Waals surface area contributed by atoms with E-state index < -0.39 is 0 Å². The van der Waals surface area contributed by atoms with Crippen molar-refractivity contribution in [2.45, 2.75) is 45.1 Å². The van der Waals surface area contributed by atoms with Gasteiger partial charge in [0.15, 0.2) is 0 Å². The van der Waals surface area contributed by atoms with E-state index in [0.29, 0.717) is 5.69 Å². The van der Waals surface area contributed by atoms with Crippen LogP contribution in [0.25, 0.3) is 0 Å². The Morgan fingerprint density at radius 3 is 2.75 bits per heavy atom. The Morgan fingerprint density at radius 1 is 1.31 bits per heavy atom. The van der Waals surface area contributed by atoms with Crippen molar-refractivity contribution in [2.75, 3.05) is 0 Å². The van der Waals surface area contributed by atoms with Gasteiger partial charge < -0.3 is 4.74 Å². The Labute approximate surface area is 95.8 Å². The number of hydrogen-bond acceptors (Lipinski definition) is 3. The summed E-state index contributed by atoms with van der Waals surface area (Å²) in [6, 6.07) is 5.41. The quantitative estimate of drug-likeness (QED) is 0.718. The van der Waals surface area contributed by atoms with Crippen LogP contribution in [-0.4, -0.2) is 17.1 Å². The van der Waals surface area contributed by atoms with E-state index in [-0.39, 0.29) is 12.1 Å². The highest BCUT2D eigenvalue weighted by molar-refractivity contribution is 5.87. The minimum absolute atomic E-state index is 0.101. The zero-order chi connectivity index (χ0) is 11.4. The standard InChI is InChI=1S/C13H17NO2/c1-10-6-5-9-12(14-10)13(15)16-11-7-3-2-4-8-11/h5-6,9,11H,2-4,7-8H2,1H3. The Bertz CT molecular complexity index is 370. The maximum Gasteiger partial charge on any atom is 0.357 e. The van der Waals surface area contributed by atoms with E-state index in [4.69, 9.17) is 4.74 Å². The third-order valence-electron chi connectivity index (χ3n) is 2.92. The van der Waals surface area contributed by atoms with Crippen molar-refractivity contribution < 1.29 is 9.53 Å². The van der Waals surface area contributed by atoms with Gasteiger partial charge in [-0.25, -0.2) is 9.78 Å². The zero-order valence-electron chi connectivity index (χ0n) is 9.61. The van der Waals surface area contributed by atoms with Gasteiger partial charge >= 0.3 is 5.97 Å². The molecule has 86 valence electrons. The number of carbonyl (C=O) groups excluding carboxylic acids is 1. The second-order valence-electron chi connectivity index (χ2n) is 4.33. The molecule has 0 radical (unpaired) electrons. The molecule has 1 aromatic rings. The molecule has 1 saturated carbocycles. The van der Waals surface area contributed by atoms with Crippen LogP contribution in [0.5, 0.6) is 0 Å². The topological polar surface area (TPSA) is 39.2 Å². The molecule has 1 aliphatic carbocycles. The lowest BCUT2D eigenvalue weighted by atomic mass is 9.98. The molecule has 1 aliphatic rings. The summed E-state index contributed by atoms with van der Waals surface area (Å²) in [5.41, 5.74) is 1.27. The number of rotatable bonds is 2. The molecule has 0 amide bonds. The molecule has 0 bridgehead atoms. The monoisotopic (exact) mass is 219 g/mol. The molecule has 0 unspecified atom stereocenters. The molecule has 0 aliphatic heterocycles. The summed E-state index contributed by atoms with van der Waals surface area (Å²) in [5, 5.41) is 0. The molecule has 1 fully saturated rings. The van der Waals surface area contributed by atoms with E-state index >= 15 is 0 Å². The summed E-state index contributed by atoms with van der Waals surface area (Å²) in [4.78, 5) is 15.9. The lowest BCUT2D eigenvalue weighted by molar-refractivity contribution is 0.0204. The van der Waals surface area contributed by atoms with Crippen LogP contribution < -0.4 is 0 Å². The van der Waals surface area contributed by atoms with Gasteiger partial charge in [0.1, 0.15) is 11.8 Å². The molecule has 0 aromatic carbocycles. The van der Waals surface area contributed by atoms with Crippen LogP contribution in [0.15, 0.2) is 18.2 Å². The van der Waals surface area contributed by atoms with E-state index in [1.165, 1.54) is 19.3 Å². The molecule has 16 heavy (non-hydrogen) atoms. The van der Waals surface area contributed by atoms with Crippen molar-refractivity contribution >= 4 is 5.97 Å². The number of pyridine rings is 1. The first-order valence-corrected chi connectivity index (χ1v) is 5.90. The molecule has 0 spiro atoms. The normalized spacial score (nSPS) is 17.1. The van der Waals surface area contributed by atoms with Gasteiger partial charge in [0, 0.05) is 5.69 Å². The van der Waals surface area contributed by atoms with Crippen molar-refractivity contribution in [1.82, 2.24) is 4.98 Å². The van der Waals surface area contributed by atoms with Crippen molar-refractivity contribution in [1.29, 1.82) is 0 Å². The highest BCUT2D eigenvalue weighted by Crippen LogP contribution is 2.21. The third-order valence-corrected chi connectivity index (χ3v) is 2.92. The lowest BCUT2D eigenvalue weighted by Gasteiger charge is -2.21. The molecular formula is C13H17NO2. The second kappa shape index (κ2) is 5.10. The van der Waals surface area contributed by atoms with Crippen LogP contribution in [0, 0.1) is 6.92 Å². The summed E-state index contributed by atoms with van der Waals surface area (Å²) in [5.74, 6) is -0.282. The van der Waals surface area contributed by atoms with Gasteiger partial charge in [-0.15, -0.1) is 0 Å².